The predicted octanol–water partition coefficient (Wildman–Crippen LogP) is 6.97. The molecule has 0 saturated heterocycles. The Hall–Kier alpha value is -0.360. The van der Waals surface area contributed by atoms with Gasteiger partial charge in [-0.05, 0) is 79.1 Å². The normalized spacial score (nSPS) is 11.8. The summed E-state index contributed by atoms with van der Waals surface area (Å²) in [6.45, 7) is 15.9. The fraction of sp³-hybridized carbons (Fsp3) is 0.520. The molecule has 0 fully saturated rings. The molecule has 2 nitrogen and oxygen atoms in total. The molecule has 0 spiro atoms. The Bertz CT molecular complexity index is 728. The minimum Gasteiger partial charge on any atom is -0.303 e. The van der Waals surface area contributed by atoms with E-state index in [9.17, 15) is 0 Å². The van der Waals surface area contributed by atoms with Gasteiger partial charge in [-0.3, -0.25) is 0 Å². The molecule has 0 radical (unpaired) electrons. The number of hydrogen-bond donors (Lipinski definition) is 0. The monoisotopic (exact) mass is 500 g/mol. The number of nitrogens with zero attached hydrogens (tertiary/aromatic N) is 2. The van der Waals surface area contributed by atoms with Crippen molar-refractivity contribution in [1.29, 1.82) is 0 Å². The van der Waals surface area contributed by atoms with E-state index in [-0.39, 0.29) is 24.8 Å². The Labute approximate surface area is 210 Å². The second kappa shape index (κ2) is 14.7. The molecule has 0 bridgehead atoms. The zero-order valence-electron chi connectivity index (χ0n) is 19.4. The highest BCUT2D eigenvalue weighted by atomic mass is 35.5. The zero-order valence-corrected chi connectivity index (χ0v) is 22.6. The zero-order chi connectivity index (χ0) is 20.6. The van der Waals surface area contributed by atoms with Gasteiger partial charge in [-0.25, -0.2) is 0 Å². The predicted molar refractivity (Wildman–Crippen MR) is 146 cm³/mol. The van der Waals surface area contributed by atoms with Crippen molar-refractivity contribution in [3.8, 4) is 11.1 Å². The number of rotatable bonds is 12. The Morgan fingerprint density at radius 3 is 1.39 bits per heavy atom. The summed E-state index contributed by atoms with van der Waals surface area (Å²) in [7, 11) is 0. The molecule has 0 N–H and O–H groups in total. The molecule has 0 aromatic heterocycles. The van der Waals surface area contributed by atoms with Crippen LogP contribution in [0.4, 0.5) is 0 Å². The van der Waals surface area contributed by atoms with E-state index < -0.39 is 0 Å². The Morgan fingerprint density at radius 2 is 1.03 bits per heavy atom. The van der Waals surface area contributed by atoms with E-state index in [0.29, 0.717) is 0 Å². The summed E-state index contributed by atoms with van der Waals surface area (Å²) in [5.74, 6) is 2.33. The number of fused-ring (bicyclic) bond motifs is 3. The SMILES string of the molecule is CCN(CC)CCSc1ccc2c(c1)Cc1cc(SCCN(CC)CC)ccc1-2.Cl.Cl. The maximum atomic E-state index is 2.50. The van der Waals surface area contributed by atoms with Gasteiger partial charge in [-0.2, -0.15) is 0 Å². The van der Waals surface area contributed by atoms with Gasteiger partial charge in [0.25, 0.3) is 0 Å². The van der Waals surface area contributed by atoms with Crippen molar-refractivity contribution in [2.45, 2.75) is 43.9 Å². The van der Waals surface area contributed by atoms with Crippen molar-refractivity contribution in [3.63, 3.8) is 0 Å². The molecule has 1 aliphatic carbocycles. The number of hydrogen-bond acceptors (Lipinski definition) is 4. The molecule has 0 saturated carbocycles. The average Bonchev–Trinajstić information content (AvgIpc) is 3.11. The molecule has 1 aliphatic rings. The first-order chi connectivity index (χ1) is 14.2. The van der Waals surface area contributed by atoms with Crippen molar-refractivity contribution in [1.82, 2.24) is 9.80 Å². The van der Waals surface area contributed by atoms with Gasteiger partial charge in [0, 0.05) is 34.4 Å². The molecule has 0 aliphatic heterocycles. The Balaban J connectivity index is 0.00000240. The Kier molecular flexibility index (Phi) is 13.6. The number of thioether (sulfide) groups is 2. The van der Waals surface area contributed by atoms with Crippen LogP contribution in [0.5, 0.6) is 0 Å². The van der Waals surface area contributed by atoms with Crippen molar-refractivity contribution in [3.05, 3.63) is 47.5 Å². The van der Waals surface area contributed by atoms with E-state index in [0.717, 1.165) is 32.6 Å². The minimum atomic E-state index is 0. The van der Waals surface area contributed by atoms with E-state index in [4.69, 9.17) is 0 Å². The quantitative estimate of drug-likeness (QED) is 0.247. The highest BCUT2D eigenvalue weighted by Crippen LogP contribution is 2.40. The number of halogens is 2. The summed E-state index contributed by atoms with van der Waals surface area (Å²) in [6, 6.07) is 14.2. The van der Waals surface area contributed by atoms with Gasteiger partial charge < -0.3 is 9.80 Å². The molecule has 0 unspecified atom stereocenters. The highest BCUT2D eigenvalue weighted by molar-refractivity contribution is 7.99. The van der Waals surface area contributed by atoms with Crippen LogP contribution in [-0.4, -0.2) is 60.6 Å². The molecule has 0 atom stereocenters. The summed E-state index contributed by atoms with van der Waals surface area (Å²) in [6.07, 6.45) is 1.08. The van der Waals surface area contributed by atoms with Gasteiger partial charge in [-0.1, -0.05) is 39.8 Å². The summed E-state index contributed by atoms with van der Waals surface area (Å²) >= 11 is 3.99. The van der Waals surface area contributed by atoms with Gasteiger partial charge in [0.05, 0.1) is 0 Å². The van der Waals surface area contributed by atoms with Gasteiger partial charge in [0.1, 0.15) is 0 Å². The van der Waals surface area contributed by atoms with Crippen LogP contribution in [0, 0.1) is 0 Å². The first-order valence-corrected chi connectivity index (χ1v) is 13.1. The lowest BCUT2D eigenvalue weighted by Crippen LogP contribution is -2.25. The maximum Gasteiger partial charge on any atom is 0.0108 e. The summed E-state index contributed by atoms with van der Waals surface area (Å²) in [5.41, 5.74) is 5.87. The van der Waals surface area contributed by atoms with E-state index in [2.05, 4.69) is 73.9 Å². The highest BCUT2D eigenvalue weighted by Gasteiger charge is 2.19. The largest absolute Gasteiger partial charge is 0.303 e. The van der Waals surface area contributed by atoms with Gasteiger partial charge in [0.15, 0.2) is 0 Å². The molecule has 174 valence electrons. The van der Waals surface area contributed by atoms with Crippen molar-refractivity contribution < 1.29 is 0 Å². The maximum absolute atomic E-state index is 2.50. The smallest absolute Gasteiger partial charge is 0.0108 e. The number of benzene rings is 2. The lowest BCUT2D eigenvalue weighted by Gasteiger charge is -2.17. The van der Waals surface area contributed by atoms with Crippen LogP contribution in [0.3, 0.4) is 0 Å². The molecule has 31 heavy (non-hydrogen) atoms. The lowest BCUT2D eigenvalue weighted by atomic mass is 10.1. The second-order valence-corrected chi connectivity index (χ2v) is 9.90. The summed E-state index contributed by atoms with van der Waals surface area (Å²) in [5, 5.41) is 0. The molecule has 6 heteroatoms. The van der Waals surface area contributed by atoms with Crippen molar-refractivity contribution in [2.75, 3.05) is 50.8 Å². The van der Waals surface area contributed by atoms with Crippen molar-refractivity contribution >= 4 is 48.3 Å². The summed E-state index contributed by atoms with van der Waals surface area (Å²) < 4.78 is 0. The summed E-state index contributed by atoms with van der Waals surface area (Å²) in [4.78, 5) is 7.82. The van der Waals surface area contributed by atoms with Crippen LogP contribution >= 0.6 is 48.3 Å². The third kappa shape index (κ3) is 7.87. The van der Waals surface area contributed by atoms with Gasteiger partial charge >= 0.3 is 0 Å². The van der Waals surface area contributed by atoms with Crippen LogP contribution in [0.25, 0.3) is 11.1 Å². The van der Waals surface area contributed by atoms with E-state index in [1.807, 2.05) is 23.5 Å². The first kappa shape index (κ1) is 28.7. The second-order valence-electron chi connectivity index (χ2n) is 7.57. The molecular formula is C25H38Cl2N2S2. The van der Waals surface area contributed by atoms with Crippen LogP contribution < -0.4 is 0 Å². The fourth-order valence-corrected chi connectivity index (χ4v) is 5.96. The van der Waals surface area contributed by atoms with Crippen molar-refractivity contribution in [2.24, 2.45) is 0 Å². The molecule has 2 aromatic carbocycles. The molecule has 3 rings (SSSR count). The topological polar surface area (TPSA) is 6.48 Å². The van der Waals surface area contributed by atoms with Crippen LogP contribution in [0.2, 0.25) is 0 Å². The van der Waals surface area contributed by atoms with Gasteiger partial charge in [-0.15, -0.1) is 48.3 Å². The molecule has 0 amide bonds. The molecule has 2 aromatic rings. The van der Waals surface area contributed by atoms with Gasteiger partial charge in [0.2, 0.25) is 0 Å². The standard InChI is InChI=1S/C25H36N2S2.2ClH/c1-5-26(6-2)13-15-28-22-9-11-24-20(18-22)17-21-19-23(10-12-25(21)24)29-16-14-27(7-3)8-4;;/h9-12,18-19H,5-8,13-17H2,1-4H3;2*1H. The van der Waals surface area contributed by atoms with Crippen LogP contribution in [0.1, 0.15) is 38.8 Å². The van der Waals surface area contributed by atoms with E-state index in [1.54, 1.807) is 0 Å². The minimum absolute atomic E-state index is 0. The third-order valence-electron chi connectivity index (χ3n) is 5.97. The molecule has 0 heterocycles. The molecular weight excluding hydrogens is 463 g/mol. The van der Waals surface area contributed by atoms with E-state index >= 15 is 0 Å². The third-order valence-corrected chi connectivity index (χ3v) is 7.91. The van der Waals surface area contributed by atoms with Crippen LogP contribution in [0.15, 0.2) is 46.2 Å². The van der Waals surface area contributed by atoms with E-state index in [1.165, 1.54) is 56.6 Å². The average molecular weight is 502 g/mol. The first-order valence-electron chi connectivity index (χ1n) is 11.1. The Morgan fingerprint density at radius 1 is 0.645 bits per heavy atom. The fourth-order valence-electron chi connectivity index (χ4n) is 4.01. The lowest BCUT2D eigenvalue weighted by molar-refractivity contribution is 0.324. The van der Waals surface area contributed by atoms with Crippen LogP contribution in [-0.2, 0) is 6.42 Å².